The van der Waals surface area contributed by atoms with Crippen molar-refractivity contribution in [3.8, 4) is 0 Å². The lowest BCUT2D eigenvalue weighted by molar-refractivity contribution is -0.151. The highest BCUT2D eigenvalue weighted by molar-refractivity contribution is 6.31. The minimum Gasteiger partial charge on any atom is -0.481 e. The number of hydrogen-bond donors (Lipinski definition) is 1. The van der Waals surface area contributed by atoms with Crippen molar-refractivity contribution in [2.75, 3.05) is 0 Å². The van der Waals surface area contributed by atoms with E-state index in [0.717, 1.165) is 24.8 Å². The molecule has 0 radical (unpaired) electrons. The molecule has 0 aromatic heterocycles. The maximum absolute atomic E-state index is 13.0. The van der Waals surface area contributed by atoms with Gasteiger partial charge in [0.15, 0.2) is 0 Å². The number of carboxylic acids is 1. The molecule has 0 spiro atoms. The third-order valence-electron chi connectivity index (χ3n) is 3.81. The second-order valence-electron chi connectivity index (χ2n) is 5.06. The summed E-state index contributed by atoms with van der Waals surface area (Å²) in [5, 5.41) is 9.80. The third-order valence-corrected chi connectivity index (χ3v) is 4.16. The van der Waals surface area contributed by atoms with Crippen LogP contribution in [0.2, 0.25) is 5.02 Å². The van der Waals surface area contributed by atoms with E-state index in [-0.39, 0.29) is 0 Å². The standard InChI is InChI=1S/C14H16ClFO2/c15-12-8-11(16)5-4-10(12)9-14(13(17)18)6-2-1-3-7-14/h4-5,8H,1-3,6-7,9H2,(H,17,18). The molecule has 0 amide bonds. The minimum absolute atomic E-state index is 0.321. The van der Waals surface area contributed by atoms with Gasteiger partial charge in [0.2, 0.25) is 0 Å². The smallest absolute Gasteiger partial charge is 0.309 e. The van der Waals surface area contributed by atoms with Gasteiger partial charge in [-0.2, -0.15) is 0 Å². The molecule has 1 aliphatic carbocycles. The van der Waals surface area contributed by atoms with Gasteiger partial charge in [-0.1, -0.05) is 36.9 Å². The van der Waals surface area contributed by atoms with Gasteiger partial charge in [0, 0.05) is 5.02 Å². The maximum Gasteiger partial charge on any atom is 0.309 e. The zero-order chi connectivity index (χ0) is 13.2. The summed E-state index contributed by atoms with van der Waals surface area (Å²) in [6, 6.07) is 4.17. The van der Waals surface area contributed by atoms with Crippen molar-refractivity contribution >= 4 is 17.6 Å². The van der Waals surface area contributed by atoms with Gasteiger partial charge < -0.3 is 5.11 Å². The minimum atomic E-state index is -0.761. The average molecular weight is 271 g/mol. The number of carboxylic acid groups (broad SMARTS) is 1. The number of hydrogen-bond acceptors (Lipinski definition) is 1. The van der Waals surface area contributed by atoms with E-state index in [1.54, 1.807) is 6.07 Å². The molecular weight excluding hydrogens is 255 g/mol. The molecule has 1 aliphatic rings. The van der Waals surface area contributed by atoms with Crippen LogP contribution in [0.3, 0.4) is 0 Å². The molecule has 0 unspecified atom stereocenters. The molecule has 98 valence electrons. The summed E-state index contributed by atoms with van der Waals surface area (Å²) < 4.78 is 13.0. The molecule has 2 rings (SSSR count). The summed E-state index contributed by atoms with van der Waals surface area (Å²) in [5.41, 5.74) is 0.00191. The Hall–Kier alpha value is -1.09. The van der Waals surface area contributed by atoms with Gasteiger partial charge in [-0.15, -0.1) is 0 Å². The Labute approximate surface area is 111 Å². The summed E-state index contributed by atoms with van der Waals surface area (Å²) in [6.45, 7) is 0. The van der Waals surface area contributed by atoms with Crippen molar-refractivity contribution in [3.63, 3.8) is 0 Å². The summed E-state index contributed by atoms with van der Waals surface area (Å²) in [6.07, 6.45) is 4.70. The second-order valence-corrected chi connectivity index (χ2v) is 5.47. The number of rotatable bonds is 3. The van der Waals surface area contributed by atoms with Crippen LogP contribution in [0.25, 0.3) is 0 Å². The van der Waals surface area contributed by atoms with E-state index >= 15 is 0 Å². The predicted octanol–water partition coefficient (Wildman–Crippen LogP) is 4.06. The van der Waals surface area contributed by atoms with Crippen LogP contribution < -0.4 is 0 Å². The van der Waals surface area contributed by atoms with E-state index in [1.165, 1.54) is 12.1 Å². The van der Waals surface area contributed by atoms with Gasteiger partial charge in [0.1, 0.15) is 5.82 Å². The van der Waals surface area contributed by atoms with Crippen molar-refractivity contribution in [3.05, 3.63) is 34.6 Å². The highest BCUT2D eigenvalue weighted by Gasteiger charge is 2.39. The zero-order valence-electron chi connectivity index (χ0n) is 10.1. The Kier molecular flexibility index (Phi) is 3.91. The van der Waals surface area contributed by atoms with Gasteiger partial charge in [-0.05, 0) is 37.0 Å². The van der Waals surface area contributed by atoms with Crippen LogP contribution in [0.15, 0.2) is 18.2 Å². The van der Waals surface area contributed by atoms with E-state index in [4.69, 9.17) is 11.6 Å². The largest absolute Gasteiger partial charge is 0.481 e. The molecule has 4 heteroatoms. The lowest BCUT2D eigenvalue weighted by atomic mass is 9.70. The highest BCUT2D eigenvalue weighted by atomic mass is 35.5. The second kappa shape index (κ2) is 5.27. The van der Waals surface area contributed by atoms with E-state index in [0.29, 0.717) is 24.3 Å². The van der Waals surface area contributed by atoms with Gasteiger partial charge in [0.05, 0.1) is 5.41 Å². The molecule has 1 fully saturated rings. The predicted molar refractivity (Wildman–Crippen MR) is 68.3 cm³/mol. The van der Waals surface area contributed by atoms with Crippen LogP contribution in [0.4, 0.5) is 4.39 Å². The Morgan fingerprint density at radius 3 is 2.56 bits per heavy atom. The number of halogens is 2. The Morgan fingerprint density at radius 1 is 1.33 bits per heavy atom. The molecule has 1 saturated carbocycles. The molecule has 1 aromatic carbocycles. The first-order chi connectivity index (χ1) is 8.53. The molecule has 0 atom stereocenters. The Morgan fingerprint density at radius 2 is 2.00 bits per heavy atom. The SMILES string of the molecule is O=C(O)C1(Cc2ccc(F)cc2Cl)CCCCC1. The van der Waals surface area contributed by atoms with Crippen molar-refractivity contribution < 1.29 is 14.3 Å². The number of aliphatic carboxylic acids is 1. The zero-order valence-corrected chi connectivity index (χ0v) is 10.8. The van der Waals surface area contributed by atoms with E-state index in [2.05, 4.69) is 0 Å². The first-order valence-corrected chi connectivity index (χ1v) is 6.59. The molecule has 2 nitrogen and oxygen atoms in total. The lowest BCUT2D eigenvalue weighted by Crippen LogP contribution is -2.35. The maximum atomic E-state index is 13.0. The normalized spacial score (nSPS) is 18.6. The summed E-state index contributed by atoms with van der Waals surface area (Å²) in [7, 11) is 0. The van der Waals surface area contributed by atoms with E-state index < -0.39 is 17.2 Å². The van der Waals surface area contributed by atoms with E-state index in [9.17, 15) is 14.3 Å². The fourth-order valence-electron chi connectivity index (χ4n) is 2.72. The molecule has 18 heavy (non-hydrogen) atoms. The lowest BCUT2D eigenvalue weighted by Gasteiger charge is -2.33. The average Bonchev–Trinajstić information content (AvgIpc) is 2.34. The van der Waals surface area contributed by atoms with Crippen molar-refractivity contribution in [2.24, 2.45) is 5.41 Å². The number of benzene rings is 1. The first kappa shape index (κ1) is 13.3. The van der Waals surface area contributed by atoms with Gasteiger partial charge >= 0.3 is 5.97 Å². The first-order valence-electron chi connectivity index (χ1n) is 6.21. The van der Waals surface area contributed by atoms with Crippen LogP contribution in [0.5, 0.6) is 0 Å². The molecule has 0 bridgehead atoms. The van der Waals surface area contributed by atoms with E-state index in [1.807, 2.05) is 0 Å². The fraction of sp³-hybridized carbons (Fsp3) is 0.500. The van der Waals surface area contributed by atoms with Gasteiger partial charge in [-0.25, -0.2) is 4.39 Å². The third kappa shape index (κ3) is 2.66. The fourth-order valence-corrected chi connectivity index (χ4v) is 2.96. The highest BCUT2D eigenvalue weighted by Crippen LogP contribution is 2.40. The van der Waals surface area contributed by atoms with Crippen molar-refractivity contribution in [1.82, 2.24) is 0 Å². The molecular formula is C14H16ClFO2. The topological polar surface area (TPSA) is 37.3 Å². The Bertz CT molecular complexity index is 453. The summed E-state index contributed by atoms with van der Waals surface area (Å²) in [4.78, 5) is 11.5. The van der Waals surface area contributed by atoms with Crippen LogP contribution in [-0.4, -0.2) is 11.1 Å². The van der Waals surface area contributed by atoms with Crippen LogP contribution in [0.1, 0.15) is 37.7 Å². The van der Waals surface area contributed by atoms with Crippen LogP contribution >= 0.6 is 11.6 Å². The van der Waals surface area contributed by atoms with Crippen LogP contribution in [0, 0.1) is 11.2 Å². The number of carbonyl (C=O) groups is 1. The Balaban J connectivity index is 2.26. The summed E-state index contributed by atoms with van der Waals surface area (Å²) >= 11 is 5.98. The van der Waals surface area contributed by atoms with Gasteiger partial charge in [-0.3, -0.25) is 4.79 Å². The monoisotopic (exact) mass is 270 g/mol. The molecule has 0 aliphatic heterocycles. The molecule has 1 aromatic rings. The summed E-state index contributed by atoms with van der Waals surface area (Å²) in [5.74, 6) is -1.15. The van der Waals surface area contributed by atoms with Gasteiger partial charge in [0.25, 0.3) is 0 Å². The quantitative estimate of drug-likeness (QED) is 0.899. The van der Waals surface area contributed by atoms with Crippen LogP contribution in [-0.2, 0) is 11.2 Å². The molecule has 1 N–H and O–H groups in total. The van der Waals surface area contributed by atoms with Crippen molar-refractivity contribution in [2.45, 2.75) is 38.5 Å². The molecule has 0 heterocycles. The molecule has 0 saturated heterocycles. The van der Waals surface area contributed by atoms with Crippen molar-refractivity contribution in [1.29, 1.82) is 0 Å².